The highest BCUT2D eigenvalue weighted by Gasteiger charge is 2.52. The predicted molar refractivity (Wildman–Crippen MR) is 103 cm³/mol. The molecule has 1 N–H and O–H groups in total. The molecule has 0 aromatic carbocycles. The zero-order valence-electron chi connectivity index (χ0n) is 15.3. The van der Waals surface area contributed by atoms with Gasteiger partial charge < -0.3 is 14.4 Å². The molecule has 2 rings (SSSR count). The van der Waals surface area contributed by atoms with E-state index in [1.54, 1.807) is 6.08 Å². The SMILES string of the molecule is CC(=O)SCC(=Cc1cnc(Cl)cc1C(=O)O)B1OC(C)(C)C(C)(C)O1. The molecular formula is C17H21BClNO5S. The van der Waals surface area contributed by atoms with Crippen molar-refractivity contribution in [1.82, 2.24) is 4.98 Å². The Morgan fingerprint density at radius 2 is 1.88 bits per heavy atom. The van der Waals surface area contributed by atoms with Crippen LogP contribution in [0.25, 0.3) is 6.08 Å². The maximum Gasteiger partial charge on any atom is 0.491 e. The van der Waals surface area contributed by atoms with Gasteiger partial charge >= 0.3 is 13.1 Å². The summed E-state index contributed by atoms with van der Waals surface area (Å²) in [5.41, 5.74) is -0.0603. The molecule has 0 aliphatic carbocycles. The number of hydrogen-bond acceptors (Lipinski definition) is 6. The first-order valence-corrected chi connectivity index (χ1v) is 9.37. The van der Waals surface area contributed by atoms with Crippen molar-refractivity contribution in [2.45, 2.75) is 45.8 Å². The van der Waals surface area contributed by atoms with E-state index in [-0.39, 0.29) is 15.8 Å². The molecule has 0 amide bonds. The third-order valence-corrected chi connectivity index (χ3v) is 5.56. The molecule has 0 saturated carbocycles. The van der Waals surface area contributed by atoms with Gasteiger partial charge in [0, 0.05) is 24.4 Å². The first-order valence-electron chi connectivity index (χ1n) is 8.01. The van der Waals surface area contributed by atoms with Crippen LogP contribution in [0, 0.1) is 0 Å². The van der Waals surface area contributed by atoms with E-state index in [0.29, 0.717) is 16.8 Å². The fraction of sp³-hybridized carbons (Fsp3) is 0.471. The van der Waals surface area contributed by atoms with E-state index in [4.69, 9.17) is 20.9 Å². The van der Waals surface area contributed by atoms with Gasteiger partial charge in [0.2, 0.25) is 0 Å². The van der Waals surface area contributed by atoms with Crippen LogP contribution in [0.1, 0.15) is 50.5 Å². The number of nitrogens with zero attached hydrogens (tertiary/aromatic N) is 1. The average Bonchev–Trinajstić information content (AvgIpc) is 2.72. The maximum atomic E-state index is 11.5. The van der Waals surface area contributed by atoms with Crippen LogP contribution in [0.5, 0.6) is 0 Å². The molecule has 0 bridgehead atoms. The lowest BCUT2D eigenvalue weighted by Gasteiger charge is -2.32. The van der Waals surface area contributed by atoms with E-state index in [2.05, 4.69) is 4.98 Å². The normalized spacial score (nSPS) is 18.8. The molecule has 140 valence electrons. The second-order valence-corrected chi connectivity index (χ2v) is 8.53. The molecule has 1 saturated heterocycles. The van der Waals surface area contributed by atoms with Crippen LogP contribution in [0.15, 0.2) is 17.7 Å². The Labute approximate surface area is 162 Å². The lowest BCUT2D eigenvalue weighted by molar-refractivity contribution is -0.109. The van der Waals surface area contributed by atoms with Gasteiger partial charge in [-0.2, -0.15) is 0 Å². The summed E-state index contributed by atoms with van der Waals surface area (Å²) in [4.78, 5) is 26.9. The Bertz CT molecular complexity index is 750. The highest BCUT2D eigenvalue weighted by Crippen LogP contribution is 2.39. The van der Waals surface area contributed by atoms with E-state index in [9.17, 15) is 14.7 Å². The topological polar surface area (TPSA) is 85.7 Å². The van der Waals surface area contributed by atoms with E-state index >= 15 is 0 Å². The van der Waals surface area contributed by atoms with Crippen LogP contribution in [-0.2, 0) is 14.1 Å². The van der Waals surface area contributed by atoms with Gasteiger partial charge in [-0.15, -0.1) is 0 Å². The Balaban J connectivity index is 2.45. The number of carbonyl (C=O) groups excluding carboxylic acids is 1. The molecule has 26 heavy (non-hydrogen) atoms. The van der Waals surface area contributed by atoms with Gasteiger partial charge in [-0.05, 0) is 39.2 Å². The number of pyridine rings is 1. The van der Waals surface area contributed by atoms with Gasteiger partial charge in [-0.25, -0.2) is 9.78 Å². The Morgan fingerprint density at radius 3 is 2.38 bits per heavy atom. The molecule has 6 nitrogen and oxygen atoms in total. The van der Waals surface area contributed by atoms with Gasteiger partial charge in [0.25, 0.3) is 0 Å². The second-order valence-electron chi connectivity index (χ2n) is 6.99. The van der Waals surface area contributed by atoms with E-state index in [1.165, 1.54) is 19.2 Å². The third kappa shape index (κ3) is 4.68. The minimum Gasteiger partial charge on any atom is -0.478 e. The molecule has 1 aromatic heterocycles. The standard InChI is InChI=1S/C17H21BClNO5S/c1-10(21)26-9-12(18-24-16(2,3)17(4,5)25-18)6-11-8-20-14(19)7-13(11)15(22)23/h6-8H,9H2,1-5H3,(H,22,23). The number of aromatic nitrogens is 1. The fourth-order valence-electron chi connectivity index (χ4n) is 2.30. The van der Waals surface area contributed by atoms with Crippen molar-refractivity contribution in [2.24, 2.45) is 0 Å². The summed E-state index contributed by atoms with van der Waals surface area (Å²) in [6, 6.07) is 1.29. The molecular weight excluding hydrogens is 377 g/mol. The fourth-order valence-corrected chi connectivity index (χ4v) is 3.04. The molecule has 0 radical (unpaired) electrons. The zero-order valence-corrected chi connectivity index (χ0v) is 16.9. The Morgan fingerprint density at radius 1 is 1.31 bits per heavy atom. The van der Waals surface area contributed by atoms with Crippen LogP contribution in [-0.4, -0.2) is 45.2 Å². The average molecular weight is 398 g/mol. The summed E-state index contributed by atoms with van der Waals surface area (Å²) >= 11 is 6.91. The highest BCUT2D eigenvalue weighted by molar-refractivity contribution is 8.13. The van der Waals surface area contributed by atoms with Crippen molar-refractivity contribution in [3.63, 3.8) is 0 Å². The van der Waals surface area contributed by atoms with Crippen molar-refractivity contribution < 1.29 is 24.0 Å². The molecule has 1 aliphatic heterocycles. The molecule has 0 unspecified atom stereocenters. The summed E-state index contributed by atoms with van der Waals surface area (Å²) in [7, 11) is -0.691. The van der Waals surface area contributed by atoms with E-state index in [1.807, 2.05) is 27.7 Å². The van der Waals surface area contributed by atoms with Gasteiger partial charge in [0.15, 0.2) is 5.12 Å². The van der Waals surface area contributed by atoms with Gasteiger partial charge in [-0.3, -0.25) is 4.79 Å². The molecule has 0 spiro atoms. The smallest absolute Gasteiger partial charge is 0.478 e. The predicted octanol–water partition coefficient (Wildman–Crippen LogP) is 3.73. The number of halogens is 1. The minimum atomic E-state index is -1.12. The van der Waals surface area contributed by atoms with Crippen molar-refractivity contribution in [3.05, 3.63) is 34.0 Å². The van der Waals surface area contributed by atoms with Crippen LogP contribution in [0.2, 0.25) is 5.15 Å². The van der Waals surface area contributed by atoms with Gasteiger partial charge in [-0.1, -0.05) is 29.4 Å². The minimum absolute atomic E-state index is 0.0202. The Hall–Kier alpha value is -1.35. The summed E-state index contributed by atoms with van der Waals surface area (Å²) in [6.45, 7) is 9.17. The lowest BCUT2D eigenvalue weighted by Crippen LogP contribution is -2.41. The number of carboxylic acid groups (broad SMARTS) is 1. The van der Waals surface area contributed by atoms with Crippen LogP contribution < -0.4 is 0 Å². The lowest BCUT2D eigenvalue weighted by atomic mass is 9.78. The zero-order chi connectivity index (χ0) is 19.7. The number of carbonyl (C=O) groups is 2. The molecule has 9 heteroatoms. The van der Waals surface area contributed by atoms with Gasteiger partial charge in [0.05, 0.1) is 16.8 Å². The van der Waals surface area contributed by atoms with Crippen LogP contribution in [0.4, 0.5) is 0 Å². The van der Waals surface area contributed by atoms with Crippen LogP contribution >= 0.6 is 23.4 Å². The third-order valence-electron chi connectivity index (χ3n) is 4.47. The number of aromatic carboxylic acids is 1. The van der Waals surface area contributed by atoms with Crippen molar-refractivity contribution in [3.8, 4) is 0 Å². The van der Waals surface area contributed by atoms with Crippen LogP contribution in [0.3, 0.4) is 0 Å². The highest BCUT2D eigenvalue weighted by atomic mass is 35.5. The van der Waals surface area contributed by atoms with E-state index < -0.39 is 24.3 Å². The largest absolute Gasteiger partial charge is 0.491 e. The van der Waals surface area contributed by atoms with Crippen molar-refractivity contribution >= 4 is 47.6 Å². The molecule has 1 aromatic rings. The molecule has 0 atom stereocenters. The first kappa shape index (κ1) is 21.0. The summed E-state index contributed by atoms with van der Waals surface area (Å²) in [5, 5.41) is 9.45. The monoisotopic (exact) mass is 397 g/mol. The Kier molecular flexibility index (Phi) is 6.22. The quantitative estimate of drug-likeness (QED) is 0.598. The number of carboxylic acids is 1. The van der Waals surface area contributed by atoms with Crippen molar-refractivity contribution in [1.29, 1.82) is 0 Å². The maximum absolute atomic E-state index is 11.5. The number of hydrogen-bond donors (Lipinski definition) is 1. The molecule has 1 aliphatic rings. The summed E-state index contributed by atoms with van der Waals surface area (Å²) < 4.78 is 12.1. The first-order chi connectivity index (χ1) is 11.9. The molecule has 1 fully saturated rings. The summed E-state index contributed by atoms with van der Waals surface area (Å²) in [6.07, 6.45) is 3.03. The molecule has 2 heterocycles. The second kappa shape index (κ2) is 7.72. The number of thioether (sulfide) groups is 1. The summed E-state index contributed by atoms with van der Waals surface area (Å²) in [5.74, 6) is -0.804. The van der Waals surface area contributed by atoms with Gasteiger partial charge in [0.1, 0.15) is 5.15 Å². The van der Waals surface area contributed by atoms with Crippen molar-refractivity contribution in [2.75, 3.05) is 5.75 Å². The van der Waals surface area contributed by atoms with E-state index in [0.717, 1.165) is 11.8 Å². The number of rotatable bonds is 5.